The molecule has 0 aliphatic carbocycles. The van der Waals surface area contributed by atoms with Crippen LogP contribution in [-0.2, 0) is 14.2 Å². The van der Waals surface area contributed by atoms with E-state index >= 15 is 0 Å². The van der Waals surface area contributed by atoms with E-state index in [0.29, 0.717) is 6.54 Å². The molecule has 0 aromatic carbocycles. The smallest absolute Gasteiger partial charge is 0.285 e. The monoisotopic (exact) mass is 346 g/mol. The van der Waals surface area contributed by atoms with E-state index in [1.165, 1.54) is 38.5 Å². The maximum atomic E-state index is 5.61. The summed E-state index contributed by atoms with van der Waals surface area (Å²) in [5, 5.41) is 3.34. The Morgan fingerprint density at radius 3 is 1.88 bits per heavy atom. The zero-order valence-corrected chi connectivity index (χ0v) is 16.6. The molecule has 24 heavy (non-hydrogen) atoms. The van der Waals surface area contributed by atoms with Gasteiger partial charge in [-0.05, 0) is 25.8 Å². The van der Waals surface area contributed by atoms with Crippen molar-refractivity contribution in [2.45, 2.75) is 77.1 Å². The van der Waals surface area contributed by atoms with Crippen molar-refractivity contribution in [1.82, 2.24) is 5.32 Å². The quantitative estimate of drug-likeness (QED) is 0.293. The molecule has 0 saturated heterocycles. The Balaban J connectivity index is 4.28. The van der Waals surface area contributed by atoms with Crippen LogP contribution < -0.4 is 11.1 Å². The Kier molecular flexibility index (Phi) is 16.1. The molecule has 0 aliphatic rings. The van der Waals surface area contributed by atoms with Gasteiger partial charge in [0.05, 0.1) is 0 Å². The van der Waals surface area contributed by atoms with E-state index in [4.69, 9.17) is 19.9 Å². The largest absolute Gasteiger partial charge is 0.331 e. The van der Waals surface area contributed by atoms with Crippen LogP contribution in [0.3, 0.4) is 0 Å². The molecule has 0 rings (SSSR count). The van der Waals surface area contributed by atoms with E-state index < -0.39 is 5.97 Å². The number of ether oxygens (including phenoxy) is 3. The zero-order valence-electron chi connectivity index (χ0n) is 16.6. The first kappa shape index (κ1) is 23.8. The number of hydrogen-bond donors (Lipinski definition) is 2. The highest BCUT2D eigenvalue weighted by molar-refractivity contribution is 4.72. The summed E-state index contributed by atoms with van der Waals surface area (Å²) in [5.41, 5.74) is 5.49. The second-order valence-electron chi connectivity index (χ2n) is 6.50. The topological polar surface area (TPSA) is 65.7 Å². The molecule has 0 spiro atoms. The van der Waals surface area contributed by atoms with Crippen LogP contribution in [0.4, 0.5) is 0 Å². The van der Waals surface area contributed by atoms with Gasteiger partial charge in [-0.15, -0.1) is 0 Å². The second-order valence-corrected chi connectivity index (χ2v) is 6.50. The SMILES string of the molecule is CCCCCCCCC(CCCCNCCN)C(OC)(OC)OC. The van der Waals surface area contributed by atoms with Crippen LogP contribution in [0.25, 0.3) is 0 Å². The summed E-state index contributed by atoms with van der Waals surface area (Å²) in [6.45, 7) is 4.85. The molecule has 1 atom stereocenters. The molecule has 0 fully saturated rings. The van der Waals surface area contributed by atoms with Crippen LogP contribution in [0.15, 0.2) is 0 Å². The molecule has 0 heterocycles. The van der Waals surface area contributed by atoms with Crippen LogP contribution in [-0.4, -0.2) is 46.9 Å². The number of rotatable bonds is 18. The van der Waals surface area contributed by atoms with Crippen molar-refractivity contribution >= 4 is 0 Å². The first-order chi connectivity index (χ1) is 11.7. The molecule has 0 radical (unpaired) electrons. The molecule has 0 aromatic rings. The number of nitrogens with one attached hydrogen (secondary N) is 1. The van der Waals surface area contributed by atoms with Crippen molar-refractivity contribution in [2.75, 3.05) is 41.0 Å². The van der Waals surface area contributed by atoms with Gasteiger partial charge in [0.1, 0.15) is 0 Å². The van der Waals surface area contributed by atoms with Crippen molar-refractivity contribution < 1.29 is 14.2 Å². The molecule has 0 amide bonds. The predicted octanol–water partition coefficient (Wildman–Crippen LogP) is 3.66. The molecule has 1 unspecified atom stereocenters. The third-order valence-electron chi connectivity index (χ3n) is 4.74. The summed E-state index contributed by atoms with van der Waals surface area (Å²) in [5.74, 6) is -0.646. The maximum Gasteiger partial charge on any atom is 0.285 e. The molecule has 5 nitrogen and oxygen atoms in total. The first-order valence-corrected chi connectivity index (χ1v) is 9.76. The third-order valence-corrected chi connectivity index (χ3v) is 4.74. The van der Waals surface area contributed by atoms with Crippen molar-refractivity contribution in [3.05, 3.63) is 0 Å². The summed E-state index contributed by atoms with van der Waals surface area (Å²) < 4.78 is 16.8. The minimum Gasteiger partial charge on any atom is -0.331 e. The van der Waals surface area contributed by atoms with E-state index in [9.17, 15) is 0 Å². The molecule has 146 valence electrons. The fourth-order valence-corrected chi connectivity index (χ4v) is 3.29. The summed E-state index contributed by atoms with van der Waals surface area (Å²) in [6, 6.07) is 0. The van der Waals surface area contributed by atoms with E-state index in [-0.39, 0.29) is 5.92 Å². The molecule has 0 aromatic heterocycles. The zero-order chi connectivity index (χ0) is 18.1. The molecular formula is C19H42N2O3. The highest BCUT2D eigenvalue weighted by atomic mass is 16.9. The Morgan fingerprint density at radius 2 is 1.33 bits per heavy atom. The summed E-state index contributed by atoms with van der Waals surface area (Å²) in [7, 11) is 5.01. The van der Waals surface area contributed by atoms with Crippen molar-refractivity contribution in [3.8, 4) is 0 Å². The Morgan fingerprint density at radius 1 is 0.792 bits per heavy atom. The number of hydrogen-bond acceptors (Lipinski definition) is 5. The van der Waals surface area contributed by atoms with Crippen molar-refractivity contribution in [2.24, 2.45) is 11.7 Å². The van der Waals surface area contributed by atoms with Crippen LogP contribution in [0, 0.1) is 5.92 Å². The molecular weight excluding hydrogens is 304 g/mol. The summed E-state index contributed by atoms with van der Waals surface area (Å²) in [6.07, 6.45) is 12.2. The van der Waals surface area contributed by atoms with Gasteiger partial charge in [-0.3, -0.25) is 0 Å². The molecule has 0 aliphatic heterocycles. The lowest BCUT2D eigenvalue weighted by Gasteiger charge is -2.36. The van der Waals surface area contributed by atoms with Gasteiger partial charge in [-0.25, -0.2) is 0 Å². The van der Waals surface area contributed by atoms with Crippen LogP contribution in [0.5, 0.6) is 0 Å². The molecule has 0 bridgehead atoms. The minimum absolute atomic E-state index is 0.262. The number of unbranched alkanes of at least 4 members (excludes halogenated alkanes) is 6. The lowest BCUT2D eigenvalue weighted by atomic mass is 9.92. The van der Waals surface area contributed by atoms with Gasteiger partial charge in [0, 0.05) is 40.3 Å². The van der Waals surface area contributed by atoms with Gasteiger partial charge < -0.3 is 25.3 Å². The number of methoxy groups -OCH3 is 3. The fraction of sp³-hybridized carbons (Fsp3) is 1.00. The number of nitrogens with two attached hydrogens (primary N) is 1. The summed E-state index contributed by atoms with van der Waals surface area (Å²) >= 11 is 0. The maximum absolute atomic E-state index is 5.61. The molecule has 3 N–H and O–H groups in total. The average Bonchev–Trinajstić information content (AvgIpc) is 2.62. The standard InChI is InChI=1S/C19H42N2O3/c1-5-6-7-8-9-10-13-18(19(22-2,23-3)24-4)14-11-12-16-21-17-15-20/h18,21H,5-17,20H2,1-4H3. The van der Waals surface area contributed by atoms with Gasteiger partial charge in [0.15, 0.2) is 0 Å². The van der Waals surface area contributed by atoms with Gasteiger partial charge in [0.25, 0.3) is 5.97 Å². The Bertz CT molecular complexity index is 237. The Hall–Kier alpha value is -0.200. The molecule has 5 heteroatoms. The van der Waals surface area contributed by atoms with Gasteiger partial charge >= 0.3 is 0 Å². The normalized spacial score (nSPS) is 13.4. The van der Waals surface area contributed by atoms with E-state index in [1.807, 2.05) is 0 Å². The van der Waals surface area contributed by atoms with E-state index in [2.05, 4.69) is 12.2 Å². The van der Waals surface area contributed by atoms with Crippen LogP contribution in [0.1, 0.15) is 71.1 Å². The lowest BCUT2D eigenvalue weighted by molar-refractivity contribution is -0.380. The van der Waals surface area contributed by atoms with Crippen molar-refractivity contribution in [3.63, 3.8) is 0 Å². The van der Waals surface area contributed by atoms with Crippen molar-refractivity contribution in [1.29, 1.82) is 0 Å². The predicted molar refractivity (Wildman–Crippen MR) is 101 cm³/mol. The Labute approximate surface area is 150 Å². The fourth-order valence-electron chi connectivity index (χ4n) is 3.29. The highest BCUT2D eigenvalue weighted by Crippen LogP contribution is 2.32. The lowest BCUT2D eigenvalue weighted by Crippen LogP contribution is -2.44. The minimum atomic E-state index is -0.909. The second kappa shape index (κ2) is 16.3. The van der Waals surface area contributed by atoms with Gasteiger partial charge in [0.2, 0.25) is 0 Å². The first-order valence-electron chi connectivity index (χ1n) is 9.76. The highest BCUT2D eigenvalue weighted by Gasteiger charge is 2.39. The third kappa shape index (κ3) is 9.94. The van der Waals surface area contributed by atoms with Gasteiger partial charge in [-0.1, -0.05) is 51.9 Å². The molecule has 0 saturated carbocycles. The van der Waals surface area contributed by atoms with Gasteiger partial charge in [-0.2, -0.15) is 0 Å². The average molecular weight is 347 g/mol. The van der Waals surface area contributed by atoms with Crippen LogP contribution >= 0.6 is 0 Å². The van der Waals surface area contributed by atoms with Crippen LogP contribution in [0.2, 0.25) is 0 Å². The van der Waals surface area contributed by atoms with E-state index in [1.54, 1.807) is 21.3 Å². The summed E-state index contributed by atoms with van der Waals surface area (Å²) in [4.78, 5) is 0. The van der Waals surface area contributed by atoms with E-state index in [0.717, 1.165) is 38.8 Å².